The van der Waals surface area contributed by atoms with Crippen molar-refractivity contribution in [3.05, 3.63) is 72.3 Å². The van der Waals surface area contributed by atoms with E-state index in [0.717, 1.165) is 11.1 Å². The van der Waals surface area contributed by atoms with Crippen molar-refractivity contribution in [1.82, 2.24) is 10.2 Å². The number of carbonyl (C=O) groups is 2. The number of likely N-dealkylation sites (tertiary alicyclic amines) is 1. The number of nitrogens with zero attached hydrogens (tertiary/aromatic N) is 1. The fourth-order valence-electron chi connectivity index (χ4n) is 3.84. The number of methoxy groups -OCH3 is 1. The highest BCUT2D eigenvalue weighted by molar-refractivity contribution is 5.90. The van der Waals surface area contributed by atoms with Crippen LogP contribution < -0.4 is 15.4 Å². The Hall–Kier alpha value is -3.28. The molecule has 0 unspecified atom stereocenters. The van der Waals surface area contributed by atoms with Crippen molar-refractivity contribution < 1.29 is 14.3 Å². The van der Waals surface area contributed by atoms with Crippen molar-refractivity contribution in [2.45, 2.75) is 19.3 Å². The minimum Gasteiger partial charge on any atom is -0.497 e. The highest BCUT2D eigenvalue weighted by atomic mass is 16.5. The predicted octanol–water partition coefficient (Wildman–Crippen LogP) is 3.94. The summed E-state index contributed by atoms with van der Waals surface area (Å²) in [6, 6.07) is 15.3. The van der Waals surface area contributed by atoms with Crippen LogP contribution in [0.15, 0.2) is 61.2 Å². The quantitative estimate of drug-likeness (QED) is 0.713. The summed E-state index contributed by atoms with van der Waals surface area (Å²) < 4.78 is 5.23. The summed E-state index contributed by atoms with van der Waals surface area (Å²) in [5, 5.41) is 5.81. The summed E-state index contributed by atoms with van der Waals surface area (Å²) in [4.78, 5) is 27.4. The molecular weight excluding hydrogens is 378 g/mol. The third-order valence-corrected chi connectivity index (χ3v) is 5.36. The Morgan fingerprint density at radius 3 is 2.73 bits per heavy atom. The van der Waals surface area contributed by atoms with Gasteiger partial charge >= 0.3 is 6.03 Å². The molecular formula is C24H29N3O3. The van der Waals surface area contributed by atoms with Crippen LogP contribution in [0.2, 0.25) is 0 Å². The molecule has 0 bridgehead atoms. The standard InChI is InChI=1S/C24H29N3O3/c1-4-11-25-23(28)20-13-19(18-8-5-7-17(2)12-18)15-27(16-20)24(29)26-21-9-6-10-22(14-21)30-3/h4-10,12,14,19-20H,1,11,13,15-16H2,2-3H3,(H,25,28)(H,26,29)/t19-,20+/m0/s1. The van der Waals surface area contributed by atoms with Gasteiger partial charge in [0.2, 0.25) is 5.91 Å². The Morgan fingerprint density at radius 2 is 2.00 bits per heavy atom. The van der Waals surface area contributed by atoms with Crippen molar-refractivity contribution in [2.24, 2.45) is 5.92 Å². The lowest BCUT2D eigenvalue weighted by atomic mass is 9.83. The maximum absolute atomic E-state index is 13.0. The topological polar surface area (TPSA) is 70.7 Å². The first-order chi connectivity index (χ1) is 14.5. The van der Waals surface area contributed by atoms with Crippen molar-refractivity contribution >= 4 is 17.6 Å². The van der Waals surface area contributed by atoms with E-state index in [0.29, 0.717) is 37.5 Å². The van der Waals surface area contributed by atoms with Gasteiger partial charge < -0.3 is 20.3 Å². The molecule has 1 fully saturated rings. The molecule has 0 spiro atoms. The molecule has 1 saturated heterocycles. The Labute approximate surface area is 177 Å². The molecule has 6 heteroatoms. The molecule has 0 saturated carbocycles. The van der Waals surface area contributed by atoms with Crippen LogP contribution in [0.5, 0.6) is 5.75 Å². The van der Waals surface area contributed by atoms with Crippen LogP contribution in [0.3, 0.4) is 0 Å². The van der Waals surface area contributed by atoms with Gasteiger partial charge in [0.25, 0.3) is 0 Å². The highest BCUT2D eigenvalue weighted by Crippen LogP contribution is 2.31. The van der Waals surface area contributed by atoms with E-state index in [1.807, 2.05) is 37.3 Å². The Balaban J connectivity index is 1.79. The zero-order valence-corrected chi connectivity index (χ0v) is 17.6. The van der Waals surface area contributed by atoms with Gasteiger partial charge in [0.15, 0.2) is 0 Å². The van der Waals surface area contributed by atoms with Crippen LogP contribution in [-0.2, 0) is 4.79 Å². The number of anilines is 1. The number of aryl methyl sites for hydroxylation is 1. The van der Waals surface area contributed by atoms with Gasteiger partial charge in [-0.15, -0.1) is 6.58 Å². The zero-order valence-electron chi connectivity index (χ0n) is 17.6. The largest absolute Gasteiger partial charge is 0.497 e. The van der Waals surface area contributed by atoms with Gasteiger partial charge in [-0.3, -0.25) is 4.79 Å². The molecule has 158 valence electrons. The van der Waals surface area contributed by atoms with Crippen molar-refractivity contribution in [1.29, 1.82) is 0 Å². The van der Waals surface area contributed by atoms with Gasteiger partial charge in [0.1, 0.15) is 5.75 Å². The number of amides is 3. The lowest BCUT2D eigenvalue weighted by Crippen LogP contribution is -2.49. The Morgan fingerprint density at radius 1 is 1.20 bits per heavy atom. The van der Waals surface area contributed by atoms with Gasteiger partial charge in [0, 0.05) is 37.3 Å². The van der Waals surface area contributed by atoms with E-state index in [2.05, 4.69) is 29.3 Å². The van der Waals surface area contributed by atoms with Crippen LogP contribution in [0.25, 0.3) is 0 Å². The predicted molar refractivity (Wildman–Crippen MR) is 119 cm³/mol. The third-order valence-electron chi connectivity index (χ3n) is 5.36. The summed E-state index contributed by atoms with van der Waals surface area (Å²) in [5.41, 5.74) is 2.97. The van der Waals surface area contributed by atoms with Crippen molar-refractivity contribution in [3.63, 3.8) is 0 Å². The Kier molecular flexibility index (Phi) is 7.12. The lowest BCUT2D eigenvalue weighted by molar-refractivity contribution is -0.126. The molecule has 3 rings (SSSR count). The van der Waals surface area contributed by atoms with Gasteiger partial charge in [-0.2, -0.15) is 0 Å². The molecule has 3 amide bonds. The highest BCUT2D eigenvalue weighted by Gasteiger charge is 2.34. The number of ether oxygens (including phenoxy) is 1. The van der Waals surface area contributed by atoms with Crippen LogP contribution in [0, 0.1) is 12.8 Å². The van der Waals surface area contributed by atoms with E-state index in [1.165, 1.54) is 0 Å². The summed E-state index contributed by atoms with van der Waals surface area (Å²) in [6.07, 6.45) is 2.36. The van der Waals surface area contributed by atoms with E-state index in [1.54, 1.807) is 24.2 Å². The summed E-state index contributed by atoms with van der Waals surface area (Å²) in [5.74, 6) is 0.437. The van der Waals surface area contributed by atoms with E-state index in [4.69, 9.17) is 4.74 Å². The van der Waals surface area contributed by atoms with E-state index in [9.17, 15) is 9.59 Å². The minimum absolute atomic E-state index is 0.0496. The second kappa shape index (κ2) is 9.96. The van der Waals surface area contributed by atoms with E-state index < -0.39 is 0 Å². The third kappa shape index (κ3) is 5.41. The zero-order chi connectivity index (χ0) is 21.5. The lowest BCUT2D eigenvalue weighted by Gasteiger charge is -2.37. The maximum atomic E-state index is 13.0. The average molecular weight is 408 g/mol. The number of hydrogen-bond donors (Lipinski definition) is 2. The number of piperidine rings is 1. The van der Waals surface area contributed by atoms with E-state index >= 15 is 0 Å². The number of hydrogen-bond acceptors (Lipinski definition) is 3. The van der Waals surface area contributed by atoms with Gasteiger partial charge in [-0.1, -0.05) is 42.0 Å². The summed E-state index contributed by atoms with van der Waals surface area (Å²) >= 11 is 0. The molecule has 0 aromatic heterocycles. The normalized spacial score (nSPS) is 18.4. The molecule has 2 N–H and O–H groups in total. The molecule has 0 aliphatic carbocycles. The molecule has 6 nitrogen and oxygen atoms in total. The minimum atomic E-state index is -0.278. The first-order valence-electron chi connectivity index (χ1n) is 10.1. The molecule has 1 heterocycles. The number of rotatable bonds is 6. The van der Waals surface area contributed by atoms with Crippen LogP contribution in [0.1, 0.15) is 23.5 Å². The van der Waals surface area contributed by atoms with Crippen LogP contribution >= 0.6 is 0 Å². The molecule has 2 atom stereocenters. The van der Waals surface area contributed by atoms with E-state index in [-0.39, 0.29) is 23.8 Å². The number of nitrogens with one attached hydrogen (secondary N) is 2. The fraction of sp³-hybridized carbons (Fsp3) is 0.333. The monoisotopic (exact) mass is 407 g/mol. The molecule has 30 heavy (non-hydrogen) atoms. The summed E-state index contributed by atoms with van der Waals surface area (Å²) in [7, 11) is 1.59. The molecule has 2 aromatic rings. The number of benzene rings is 2. The smallest absolute Gasteiger partial charge is 0.321 e. The fourth-order valence-corrected chi connectivity index (χ4v) is 3.84. The SMILES string of the molecule is C=CCNC(=O)[C@@H]1C[C@H](c2cccc(C)c2)CN(C(=O)Nc2cccc(OC)c2)C1. The average Bonchev–Trinajstić information content (AvgIpc) is 2.77. The molecule has 2 aromatic carbocycles. The van der Waals surface area contributed by atoms with Crippen LogP contribution in [-0.4, -0.2) is 43.6 Å². The first-order valence-corrected chi connectivity index (χ1v) is 10.1. The second-order valence-corrected chi connectivity index (χ2v) is 7.64. The van der Waals surface area contributed by atoms with Crippen LogP contribution in [0.4, 0.5) is 10.5 Å². The second-order valence-electron chi connectivity index (χ2n) is 7.64. The van der Waals surface area contributed by atoms with Crippen molar-refractivity contribution in [3.8, 4) is 5.75 Å². The molecule has 1 aliphatic rings. The molecule has 0 radical (unpaired) electrons. The maximum Gasteiger partial charge on any atom is 0.321 e. The molecule has 1 aliphatic heterocycles. The first kappa shape index (κ1) is 21.4. The van der Waals surface area contributed by atoms with Crippen molar-refractivity contribution in [2.75, 3.05) is 32.1 Å². The Bertz CT molecular complexity index is 912. The number of urea groups is 1. The number of carbonyl (C=O) groups excluding carboxylic acids is 2. The van der Waals surface area contributed by atoms with Gasteiger partial charge in [-0.25, -0.2) is 4.79 Å². The van der Waals surface area contributed by atoms with Gasteiger partial charge in [-0.05, 0) is 31.0 Å². The summed E-state index contributed by atoms with van der Waals surface area (Å²) in [6.45, 7) is 7.06. The van der Waals surface area contributed by atoms with Gasteiger partial charge in [0.05, 0.1) is 13.0 Å².